The molecule has 1 aromatic carbocycles. The molecule has 1 atom stereocenters. The molecule has 1 heterocycles. The molecular formula is C18H28N2O4. The normalized spacial score (nSPS) is 15.6. The fraction of sp³-hybridized carbons (Fsp3) is 0.611. The van der Waals surface area contributed by atoms with Gasteiger partial charge in [0.15, 0.2) is 11.5 Å². The van der Waals surface area contributed by atoms with Crippen LogP contribution >= 0.6 is 0 Å². The van der Waals surface area contributed by atoms with Crippen molar-refractivity contribution in [3.05, 3.63) is 23.3 Å². The van der Waals surface area contributed by atoms with Gasteiger partial charge in [-0.05, 0) is 50.5 Å². The number of hydrogen-bond acceptors (Lipinski definition) is 5. The molecule has 24 heavy (non-hydrogen) atoms. The van der Waals surface area contributed by atoms with Gasteiger partial charge in [0, 0.05) is 25.2 Å². The molecule has 6 nitrogen and oxygen atoms in total. The van der Waals surface area contributed by atoms with E-state index in [4.69, 9.17) is 9.47 Å². The van der Waals surface area contributed by atoms with Crippen molar-refractivity contribution in [2.24, 2.45) is 0 Å². The van der Waals surface area contributed by atoms with Crippen LogP contribution in [0, 0.1) is 0 Å². The number of carbonyl (C=O) groups is 1. The molecule has 0 fully saturated rings. The molecule has 0 aromatic heterocycles. The Bertz CT molecular complexity index is 569. The molecule has 0 saturated heterocycles. The van der Waals surface area contributed by atoms with Gasteiger partial charge in [-0.25, -0.2) is 0 Å². The lowest BCUT2D eigenvalue weighted by atomic mass is 9.99. The Hall–Kier alpha value is -1.79. The SMILES string of the molecule is COc1cc2c(cc1OCC(O)CNC(C)(C)C)CCN(C=O)C2. The van der Waals surface area contributed by atoms with Crippen LogP contribution < -0.4 is 14.8 Å². The Kier molecular flexibility index (Phi) is 6.07. The highest BCUT2D eigenvalue weighted by atomic mass is 16.5. The van der Waals surface area contributed by atoms with Gasteiger partial charge in [-0.3, -0.25) is 4.79 Å². The van der Waals surface area contributed by atoms with E-state index in [-0.39, 0.29) is 12.1 Å². The van der Waals surface area contributed by atoms with Crippen molar-refractivity contribution < 1.29 is 19.4 Å². The van der Waals surface area contributed by atoms with Crippen LogP contribution in [0.2, 0.25) is 0 Å². The number of aliphatic hydroxyl groups excluding tert-OH is 1. The summed E-state index contributed by atoms with van der Waals surface area (Å²) in [6.07, 6.45) is 1.07. The van der Waals surface area contributed by atoms with E-state index in [0.29, 0.717) is 31.1 Å². The number of methoxy groups -OCH3 is 1. The molecule has 1 aliphatic rings. The monoisotopic (exact) mass is 336 g/mol. The zero-order valence-electron chi connectivity index (χ0n) is 15.0. The number of carbonyl (C=O) groups excluding carboxylic acids is 1. The number of hydrogen-bond donors (Lipinski definition) is 2. The van der Waals surface area contributed by atoms with Crippen molar-refractivity contribution in [1.29, 1.82) is 0 Å². The molecule has 2 N–H and O–H groups in total. The number of ether oxygens (including phenoxy) is 2. The highest BCUT2D eigenvalue weighted by Crippen LogP contribution is 2.33. The zero-order valence-corrected chi connectivity index (χ0v) is 15.0. The summed E-state index contributed by atoms with van der Waals surface area (Å²) in [5, 5.41) is 13.3. The van der Waals surface area contributed by atoms with Gasteiger partial charge < -0.3 is 24.8 Å². The lowest BCUT2D eigenvalue weighted by molar-refractivity contribution is -0.118. The summed E-state index contributed by atoms with van der Waals surface area (Å²) in [5.41, 5.74) is 2.19. The third-order valence-electron chi connectivity index (χ3n) is 3.98. The number of fused-ring (bicyclic) bond motifs is 1. The molecular weight excluding hydrogens is 308 g/mol. The Morgan fingerprint density at radius 3 is 2.67 bits per heavy atom. The van der Waals surface area contributed by atoms with Crippen LogP contribution in [-0.2, 0) is 17.8 Å². The summed E-state index contributed by atoms with van der Waals surface area (Å²) < 4.78 is 11.2. The molecule has 0 spiro atoms. The van der Waals surface area contributed by atoms with Gasteiger partial charge in [0.1, 0.15) is 12.7 Å². The average molecular weight is 336 g/mol. The van der Waals surface area contributed by atoms with Gasteiger partial charge in [0.25, 0.3) is 0 Å². The molecule has 0 aliphatic carbocycles. The Morgan fingerprint density at radius 1 is 1.33 bits per heavy atom. The number of nitrogens with zero attached hydrogens (tertiary/aromatic N) is 1. The molecule has 1 unspecified atom stereocenters. The summed E-state index contributed by atoms with van der Waals surface area (Å²) in [4.78, 5) is 12.7. The van der Waals surface area contributed by atoms with E-state index >= 15 is 0 Å². The first-order valence-electron chi connectivity index (χ1n) is 8.27. The molecule has 0 saturated carbocycles. The first-order valence-corrected chi connectivity index (χ1v) is 8.27. The fourth-order valence-electron chi connectivity index (χ4n) is 2.62. The van der Waals surface area contributed by atoms with Crippen molar-refractivity contribution in [2.45, 2.75) is 45.4 Å². The fourth-order valence-corrected chi connectivity index (χ4v) is 2.62. The Labute approximate surface area is 143 Å². The van der Waals surface area contributed by atoms with Crippen molar-refractivity contribution in [2.75, 3.05) is 26.8 Å². The first kappa shape index (κ1) is 18.5. The van der Waals surface area contributed by atoms with Crippen molar-refractivity contribution in [3.8, 4) is 11.5 Å². The van der Waals surface area contributed by atoms with Gasteiger partial charge in [-0.1, -0.05) is 0 Å². The van der Waals surface area contributed by atoms with E-state index in [9.17, 15) is 9.90 Å². The summed E-state index contributed by atoms with van der Waals surface area (Å²) in [5.74, 6) is 1.25. The molecule has 6 heteroatoms. The predicted molar refractivity (Wildman–Crippen MR) is 92.4 cm³/mol. The first-order chi connectivity index (χ1) is 11.3. The van der Waals surface area contributed by atoms with E-state index in [0.717, 1.165) is 24.0 Å². The molecule has 1 aromatic rings. The summed E-state index contributed by atoms with van der Waals surface area (Å²) >= 11 is 0. The standard InChI is InChI=1S/C18H28N2O4/c1-18(2,3)19-9-15(22)11-24-17-7-13-5-6-20(12-21)10-14(13)8-16(17)23-4/h7-8,12,15,19,22H,5-6,9-11H2,1-4H3. The van der Waals surface area contributed by atoms with Crippen LogP contribution in [0.25, 0.3) is 0 Å². The van der Waals surface area contributed by atoms with E-state index in [2.05, 4.69) is 26.1 Å². The second-order valence-corrected chi connectivity index (χ2v) is 7.19. The average Bonchev–Trinajstić information content (AvgIpc) is 2.56. The van der Waals surface area contributed by atoms with E-state index in [1.54, 1.807) is 12.0 Å². The van der Waals surface area contributed by atoms with Crippen LogP contribution in [0.5, 0.6) is 11.5 Å². The van der Waals surface area contributed by atoms with Crippen LogP contribution in [0.1, 0.15) is 31.9 Å². The maximum atomic E-state index is 10.9. The zero-order chi connectivity index (χ0) is 17.7. The molecule has 1 aliphatic heterocycles. The Morgan fingerprint density at radius 2 is 2.04 bits per heavy atom. The summed E-state index contributed by atoms with van der Waals surface area (Å²) in [6, 6.07) is 3.88. The number of nitrogens with one attached hydrogen (secondary N) is 1. The molecule has 0 bridgehead atoms. The van der Waals surface area contributed by atoms with E-state index in [1.165, 1.54) is 0 Å². The van der Waals surface area contributed by atoms with Crippen LogP contribution in [-0.4, -0.2) is 54.9 Å². The number of benzene rings is 1. The summed E-state index contributed by atoms with van der Waals surface area (Å²) in [7, 11) is 1.59. The highest BCUT2D eigenvalue weighted by molar-refractivity contribution is 5.53. The van der Waals surface area contributed by atoms with Crippen LogP contribution in [0.4, 0.5) is 0 Å². The molecule has 134 valence electrons. The lowest BCUT2D eigenvalue weighted by Crippen LogP contribution is -2.42. The smallest absolute Gasteiger partial charge is 0.210 e. The lowest BCUT2D eigenvalue weighted by Gasteiger charge is -2.27. The number of rotatable bonds is 7. The number of aliphatic hydroxyl groups is 1. The summed E-state index contributed by atoms with van der Waals surface area (Å²) in [6.45, 7) is 8.11. The third-order valence-corrected chi connectivity index (χ3v) is 3.98. The van der Waals surface area contributed by atoms with Crippen LogP contribution in [0.15, 0.2) is 12.1 Å². The minimum Gasteiger partial charge on any atom is -0.493 e. The topological polar surface area (TPSA) is 71.0 Å². The highest BCUT2D eigenvalue weighted by Gasteiger charge is 2.19. The van der Waals surface area contributed by atoms with Gasteiger partial charge in [0.2, 0.25) is 6.41 Å². The third kappa shape index (κ3) is 5.11. The van der Waals surface area contributed by atoms with Gasteiger partial charge in [-0.15, -0.1) is 0 Å². The predicted octanol–water partition coefficient (Wildman–Crippen LogP) is 1.34. The van der Waals surface area contributed by atoms with Crippen LogP contribution in [0.3, 0.4) is 0 Å². The quantitative estimate of drug-likeness (QED) is 0.735. The van der Waals surface area contributed by atoms with Crippen molar-refractivity contribution in [1.82, 2.24) is 10.2 Å². The largest absolute Gasteiger partial charge is 0.493 e. The Balaban J connectivity index is 2.01. The number of β-amino-alcohol motifs (C(OH)–C–C–N with tert-alkyl or cyclic N) is 1. The maximum Gasteiger partial charge on any atom is 0.210 e. The number of amides is 1. The van der Waals surface area contributed by atoms with Crippen molar-refractivity contribution >= 4 is 6.41 Å². The molecule has 1 amide bonds. The van der Waals surface area contributed by atoms with E-state index < -0.39 is 6.10 Å². The maximum absolute atomic E-state index is 10.9. The molecule has 2 rings (SSSR count). The second kappa shape index (κ2) is 7.85. The van der Waals surface area contributed by atoms with E-state index in [1.807, 2.05) is 12.1 Å². The molecule has 0 radical (unpaired) electrons. The minimum atomic E-state index is -0.601. The van der Waals surface area contributed by atoms with Crippen molar-refractivity contribution in [3.63, 3.8) is 0 Å². The minimum absolute atomic E-state index is 0.0467. The van der Waals surface area contributed by atoms with Gasteiger partial charge in [0.05, 0.1) is 7.11 Å². The van der Waals surface area contributed by atoms with Gasteiger partial charge in [-0.2, -0.15) is 0 Å². The second-order valence-electron chi connectivity index (χ2n) is 7.19. The van der Waals surface area contributed by atoms with Gasteiger partial charge >= 0.3 is 0 Å².